The number of hydrogen-bond acceptors (Lipinski definition) is 3. The van der Waals surface area contributed by atoms with E-state index in [2.05, 4.69) is 15.5 Å². The summed E-state index contributed by atoms with van der Waals surface area (Å²) < 4.78 is 2.36. The largest absolute Gasteiger partial charge is 0.342 e. The van der Waals surface area contributed by atoms with Crippen LogP contribution in [0.3, 0.4) is 0 Å². The molecule has 5 nitrogen and oxygen atoms in total. The van der Waals surface area contributed by atoms with Gasteiger partial charge in [0.1, 0.15) is 0 Å². The summed E-state index contributed by atoms with van der Waals surface area (Å²) in [7, 11) is 0. The molecule has 0 spiro atoms. The summed E-state index contributed by atoms with van der Waals surface area (Å²) in [5.41, 5.74) is 0.438. The van der Waals surface area contributed by atoms with Crippen molar-refractivity contribution in [2.45, 2.75) is 26.4 Å². The smallest absolute Gasteiger partial charge is 0.251 e. The molecule has 1 aromatic heterocycles. The lowest BCUT2D eigenvalue weighted by atomic mass is 10.2. The fraction of sp³-hybridized carbons (Fsp3) is 0.308. The number of aromatic nitrogens is 3. The molecule has 112 valence electrons. The number of H-pyrrole nitrogens is 1. The number of nitrogens with one attached hydrogen (secondary N) is 2. The van der Waals surface area contributed by atoms with Crippen LogP contribution in [0.25, 0.3) is 0 Å². The molecule has 2 N–H and O–H groups in total. The van der Waals surface area contributed by atoms with E-state index in [1.807, 2.05) is 18.4 Å². The van der Waals surface area contributed by atoms with E-state index >= 15 is 0 Å². The van der Waals surface area contributed by atoms with E-state index in [-0.39, 0.29) is 11.9 Å². The molecule has 0 aliphatic carbocycles. The Bertz CT molecular complexity index is 725. The standard InChI is InChI=1S/C13H14Cl2N4OS/c1-3-19-11(17-18-13(19)21)7(2)16-12(20)8-4-5-9(14)10(15)6-8/h4-7H,3H2,1-2H3,(H,16,20)(H,18,21)/t7-/m1/s1. The summed E-state index contributed by atoms with van der Waals surface area (Å²) in [4.78, 5) is 12.2. The van der Waals surface area contributed by atoms with E-state index in [4.69, 9.17) is 35.4 Å². The van der Waals surface area contributed by atoms with Crippen molar-refractivity contribution >= 4 is 41.3 Å². The van der Waals surface area contributed by atoms with Gasteiger partial charge in [0.05, 0.1) is 16.1 Å². The number of aromatic amines is 1. The van der Waals surface area contributed by atoms with Gasteiger partial charge in [-0.3, -0.25) is 9.89 Å². The van der Waals surface area contributed by atoms with Crippen LogP contribution in [0, 0.1) is 4.77 Å². The molecule has 1 aromatic carbocycles. The first-order valence-electron chi connectivity index (χ1n) is 6.35. The number of hydrogen-bond donors (Lipinski definition) is 2. The van der Waals surface area contributed by atoms with Gasteiger partial charge in [-0.15, -0.1) is 0 Å². The predicted octanol–water partition coefficient (Wildman–Crippen LogP) is 3.76. The Kier molecular flexibility index (Phi) is 5.03. The minimum absolute atomic E-state index is 0.252. The second-order valence-electron chi connectivity index (χ2n) is 4.46. The Morgan fingerprint density at radius 2 is 2.19 bits per heavy atom. The molecule has 0 bridgehead atoms. The Hall–Kier alpha value is -1.37. The minimum atomic E-state index is -0.292. The van der Waals surface area contributed by atoms with Gasteiger partial charge in [-0.05, 0) is 44.3 Å². The van der Waals surface area contributed by atoms with Crippen LogP contribution in [0.15, 0.2) is 18.2 Å². The molecule has 1 atom stereocenters. The molecule has 0 radical (unpaired) electrons. The molecule has 0 fully saturated rings. The number of amides is 1. The number of carbonyl (C=O) groups is 1. The summed E-state index contributed by atoms with van der Waals surface area (Å²) in [6.07, 6.45) is 0. The van der Waals surface area contributed by atoms with Crippen molar-refractivity contribution in [3.05, 3.63) is 44.4 Å². The van der Waals surface area contributed by atoms with Crippen LogP contribution < -0.4 is 5.32 Å². The topological polar surface area (TPSA) is 62.7 Å². The second-order valence-corrected chi connectivity index (χ2v) is 5.66. The Morgan fingerprint density at radius 3 is 2.81 bits per heavy atom. The zero-order valence-corrected chi connectivity index (χ0v) is 13.8. The van der Waals surface area contributed by atoms with Crippen LogP contribution in [-0.4, -0.2) is 20.7 Å². The number of benzene rings is 1. The second kappa shape index (κ2) is 6.60. The van der Waals surface area contributed by atoms with Gasteiger partial charge in [-0.2, -0.15) is 5.10 Å². The quantitative estimate of drug-likeness (QED) is 0.830. The molecule has 21 heavy (non-hydrogen) atoms. The normalized spacial score (nSPS) is 12.2. The van der Waals surface area contributed by atoms with Gasteiger partial charge in [0.15, 0.2) is 10.6 Å². The van der Waals surface area contributed by atoms with Crippen LogP contribution in [0.4, 0.5) is 0 Å². The lowest BCUT2D eigenvalue weighted by Gasteiger charge is -2.14. The van der Waals surface area contributed by atoms with Gasteiger partial charge in [-0.1, -0.05) is 23.2 Å². The van der Waals surface area contributed by atoms with Crippen molar-refractivity contribution in [2.75, 3.05) is 0 Å². The highest BCUT2D eigenvalue weighted by Crippen LogP contribution is 2.23. The van der Waals surface area contributed by atoms with E-state index in [0.29, 0.717) is 32.7 Å². The van der Waals surface area contributed by atoms with Crippen molar-refractivity contribution in [1.82, 2.24) is 20.1 Å². The SMILES string of the molecule is CCn1c([C@@H](C)NC(=O)c2ccc(Cl)c(Cl)c2)n[nH]c1=S. The fourth-order valence-electron chi connectivity index (χ4n) is 1.95. The third-order valence-corrected chi connectivity index (χ3v) is 4.07. The van der Waals surface area contributed by atoms with Crippen molar-refractivity contribution in [3.63, 3.8) is 0 Å². The molecule has 0 unspecified atom stereocenters. The Labute approximate surface area is 137 Å². The average Bonchev–Trinajstić information content (AvgIpc) is 2.82. The first-order valence-corrected chi connectivity index (χ1v) is 7.51. The zero-order valence-electron chi connectivity index (χ0n) is 11.5. The summed E-state index contributed by atoms with van der Waals surface area (Å²) in [6, 6.07) is 4.45. The first kappa shape index (κ1) is 16.0. The highest BCUT2D eigenvalue weighted by molar-refractivity contribution is 7.71. The highest BCUT2D eigenvalue weighted by atomic mass is 35.5. The van der Waals surface area contributed by atoms with Crippen molar-refractivity contribution in [2.24, 2.45) is 0 Å². The summed E-state index contributed by atoms with van der Waals surface area (Å²) in [5, 5.41) is 10.5. The van der Waals surface area contributed by atoms with E-state index < -0.39 is 0 Å². The van der Waals surface area contributed by atoms with Gasteiger partial charge < -0.3 is 9.88 Å². The fourth-order valence-corrected chi connectivity index (χ4v) is 2.51. The van der Waals surface area contributed by atoms with Crippen molar-refractivity contribution in [1.29, 1.82) is 0 Å². The molecule has 0 aliphatic heterocycles. The molecular weight excluding hydrogens is 331 g/mol. The molecule has 2 aromatic rings. The highest BCUT2D eigenvalue weighted by Gasteiger charge is 2.17. The number of rotatable bonds is 4. The van der Waals surface area contributed by atoms with Crippen LogP contribution in [0.1, 0.15) is 36.1 Å². The predicted molar refractivity (Wildman–Crippen MR) is 85.4 cm³/mol. The average molecular weight is 345 g/mol. The molecule has 1 heterocycles. The minimum Gasteiger partial charge on any atom is -0.342 e. The van der Waals surface area contributed by atoms with Gasteiger partial charge in [0.25, 0.3) is 5.91 Å². The Morgan fingerprint density at radius 1 is 1.48 bits per heavy atom. The monoisotopic (exact) mass is 344 g/mol. The maximum atomic E-state index is 12.2. The van der Waals surface area contributed by atoms with E-state index in [9.17, 15) is 4.79 Å². The van der Waals surface area contributed by atoms with Crippen LogP contribution in [0.2, 0.25) is 10.0 Å². The first-order chi connectivity index (χ1) is 9.93. The van der Waals surface area contributed by atoms with E-state index in [1.54, 1.807) is 12.1 Å². The summed E-state index contributed by atoms with van der Waals surface area (Å²) in [6.45, 7) is 4.48. The number of halogens is 2. The van der Waals surface area contributed by atoms with Crippen molar-refractivity contribution < 1.29 is 4.79 Å². The molecule has 8 heteroatoms. The van der Waals surface area contributed by atoms with Crippen LogP contribution >= 0.6 is 35.4 Å². The molecule has 2 rings (SSSR count). The van der Waals surface area contributed by atoms with Crippen molar-refractivity contribution in [3.8, 4) is 0 Å². The van der Waals surface area contributed by atoms with Crippen LogP contribution in [0.5, 0.6) is 0 Å². The van der Waals surface area contributed by atoms with Gasteiger partial charge in [0, 0.05) is 12.1 Å². The zero-order chi connectivity index (χ0) is 15.6. The lowest BCUT2D eigenvalue weighted by molar-refractivity contribution is 0.0937. The molecule has 0 aliphatic rings. The molecule has 0 saturated heterocycles. The molecule has 1 amide bonds. The molecular formula is C13H14Cl2N4OS. The van der Waals surface area contributed by atoms with Gasteiger partial charge in [0.2, 0.25) is 0 Å². The maximum Gasteiger partial charge on any atom is 0.251 e. The lowest BCUT2D eigenvalue weighted by Crippen LogP contribution is -2.28. The van der Waals surface area contributed by atoms with E-state index in [0.717, 1.165) is 0 Å². The van der Waals surface area contributed by atoms with Gasteiger partial charge >= 0.3 is 0 Å². The number of nitrogens with zero attached hydrogens (tertiary/aromatic N) is 2. The van der Waals surface area contributed by atoms with Crippen LogP contribution in [-0.2, 0) is 6.54 Å². The Balaban J connectivity index is 2.18. The third kappa shape index (κ3) is 3.45. The van der Waals surface area contributed by atoms with E-state index in [1.165, 1.54) is 6.07 Å². The summed E-state index contributed by atoms with van der Waals surface area (Å²) >= 11 is 16.9. The maximum absolute atomic E-state index is 12.2. The molecule has 0 saturated carbocycles. The van der Waals surface area contributed by atoms with Gasteiger partial charge in [-0.25, -0.2) is 0 Å². The summed E-state index contributed by atoms with van der Waals surface area (Å²) in [5.74, 6) is 0.425. The number of carbonyl (C=O) groups excluding carboxylic acids is 1. The third-order valence-electron chi connectivity index (χ3n) is 3.02.